The smallest absolute Gasteiger partial charge is 0.255 e. The third-order valence-corrected chi connectivity index (χ3v) is 2.65. The van der Waals surface area contributed by atoms with Gasteiger partial charge in [0.2, 0.25) is 0 Å². The minimum atomic E-state index is -0.242. The largest absolute Gasteiger partial charge is 0.491 e. The lowest BCUT2D eigenvalue weighted by molar-refractivity contribution is 0.102. The van der Waals surface area contributed by atoms with E-state index in [0.717, 1.165) is 0 Å². The maximum absolute atomic E-state index is 12.1. The van der Waals surface area contributed by atoms with Gasteiger partial charge in [-0.05, 0) is 25.1 Å². The third-order valence-electron chi connectivity index (χ3n) is 2.65. The van der Waals surface area contributed by atoms with Crippen LogP contribution >= 0.6 is 0 Å². The van der Waals surface area contributed by atoms with Crippen molar-refractivity contribution in [3.8, 4) is 5.75 Å². The van der Waals surface area contributed by atoms with Crippen LogP contribution in [0, 0.1) is 6.92 Å². The van der Waals surface area contributed by atoms with E-state index in [9.17, 15) is 4.79 Å². The normalized spacial score (nSPS) is 10.3. The Morgan fingerprint density at radius 3 is 2.95 bits per heavy atom. The van der Waals surface area contributed by atoms with Gasteiger partial charge in [-0.1, -0.05) is 11.2 Å². The summed E-state index contributed by atoms with van der Waals surface area (Å²) >= 11 is 0. The van der Waals surface area contributed by atoms with Crippen molar-refractivity contribution in [2.24, 2.45) is 0 Å². The minimum absolute atomic E-state index is 0.242. The predicted molar refractivity (Wildman–Crippen MR) is 73.0 cm³/mol. The highest BCUT2D eigenvalue weighted by molar-refractivity contribution is 6.04. The number of hydrogen-bond acceptors (Lipinski definition) is 5. The van der Waals surface area contributed by atoms with Crippen molar-refractivity contribution in [1.29, 1.82) is 0 Å². The maximum Gasteiger partial charge on any atom is 0.255 e. The summed E-state index contributed by atoms with van der Waals surface area (Å²) in [5.74, 6) is 0.380. The zero-order chi connectivity index (χ0) is 14.4. The molecule has 20 heavy (non-hydrogen) atoms. The van der Waals surface area contributed by atoms with Gasteiger partial charge in [-0.15, -0.1) is 0 Å². The van der Waals surface area contributed by atoms with Crippen LogP contribution in [0.25, 0.3) is 0 Å². The van der Waals surface area contributed by atoms with E-state index in [1.165, 1.54) is 6.26 Å². The van der Waals surface area contributed by atoms with Crippen LogP contribution in [0.15, 0.2) is 35.1 Å². The molecule has 0 fully saturated rings. The average Bonchev–Trinajstić information content (AvgIpc) is 2.85. The molecule has 0 radical (unpaired) electrons. The highest BCUT2D eigenvalue weighted by atomic mass is 16.5. The fraction of sp³-hybridized carbons (Fsp3) is 0.286. The zero-order valence-electron chi connectivity index (χ0n) is 11.4. The summed E-state index contributed by atoms with van der Waals surface area (Å²) in [6.45, 7) is 2.69. The second kappa shape index (κ2) is 6.72. The van der Waals surface area contributed by atoms with Crippen molar-refractivity contribution in [2.75, 3.05) is 25.6 Å². The number of carbonyl (C=O) groups is 1. The molecule has 106 valence electrons. The average molecular weight is 276 g/mol. The van der Waals surface area contributed by atoms with Crippen molar-refractivity contribution < 1.29 is 18.8 Å². The highest BCUT2D eigenvalue weighted by Gasteiger charge is 2.10. The highest BCUT2D eigenvalue weighted by Crippen LogP contribution is 2.17. The monoisotopic (exact) mass is 276 g/mol. The van der Waals surface area contributed by atoms with E-state index in [2.05, 4.69) is 10.5 Å². The molecule has 0 saturated carbocycles. The van der Waals surface area contributed by atoms with Gasteiger partial charge in [-0.2, -0.15) is 0 Å². The molecule has 0 aliphatic carbocycles. The Morgan fingerprint density at radius 1 is 1.40 bits per heavy atom. The fourth-order valence-corrected chi connectivity index (χ4v) is 1.58. The molecule has 0 spiro atoms. The molecule has 2 aromatic rings. The first-order chi connectivity index (χ1) is 9.70. The lowest BCUT2D eigenvalue weighted by Gasteiger charge is -2.07. The van der Waals surface area contributed by atoms with Crippen molar-refractivity contribution in [3.05, 3.63) is 41.8 Å². The summed E-state index contributed by atoms with van der Waals surface area (Å²) in [6, 6.07) is 6.93. The van der Waals surface area contributed by atoms with E-state index >= 15 is 0 Å². The quantitative estimate of drug-likeness (QED) is 0.819. The second-order valence-electron chi connectivity index (χ2n) is 4.14. The summed E-state index contributed by atoms with van der Waals surface area (Å²) in [5, 5.41) is 6.43. The van der Waals surface area contributed by atoms with Crippen molar-refractivity contribution in [2.45, 2.75) is 6.92 Å². The Balaban J connectivity index is 2.02. The Labute approximate surface area is 116 Å². The summed E-state index contributed by atoms with van der Waals surface area (Å²) in [5.41, 5.74) is 1.69. The molecule has 0 atom stereocenters. The maximum atomic E-state index is 12.1. The number of carbonyl (C=O) groups excluding carboxylic acids is 1. The van der Waals surface area contributed by atoms with Gasteiger partial charge in [0.05, 0.1) is 6.61 Å². The van der Waals surface area contributed by atoms with Crippen LogP contribution in [0.1, 0.15) is 16.1 Å². The van der Waals surface area contributed by atoms with Crippen LogP contribution in [-0.2, 0) is 4.74 Å². The Morgan fingerprint density at radius 2 is 2.25 bits per heavy atom. The van der Waals surface area contributed by atoms with E-state index in [0.29, 0.717) is 35.9 Å². The van der Waals surface area contributed by atoms with Gasteiger partial charge in [-0.25, -0.2) is 0 Å². The molecule has 1 amide bonds. The Bertz CT molecular complexity index is 580. The van der Waals surface area contributed by atoms with Crippen molar-refractivity contribution in [3.63, 3.8) is 0 Å². The molecule has 0 aliphatic heterocycles. The molecule has 1 aromatic heterocycles. The number of rotatable bonds is 6. The van der Waals surface area contributed by atoms with Crippen LogP contribution < -0.4 is 10.1 Å². The number of amides is 1. The molecule has 1 aromatic carbocycles. The molecule has 0 unspecified atom stereocenters. The number of benzene rings is 1. The second-order valence-corrected chi connectivity index (χ2v) is 4.14. The summed E-state index contributed by atoms with van der Waals surface area (Å²) in [6.07, 6.45) is 1.40. The third kappa shape index (κ3) is 3.58. The number of nitrogens with one attached hydrogen (secondary N) is 1. The molecule has 0 bridgehead atoms. The predicted octanol–water partition coefficient (Wildman–Crippen LogP) is 2.26. The van der Waals surface area contributed by atoms with Crippen molar-refractivity contribution in [1.82, 2.24) is 5.16 Å². The van der Waals surface area contributed by atoms with Crippen LogP contribution in [-0.4, -0.2) is 31.4 Å². The Kier molecular flexibility index (Phi) is 4.73. The molecule has 0 aliphatic rings. The first kappa shape index (κ1) is 14.1. The van der Waals surface area contributed by atoms with Crippen LogP contribution in [0.4, 0.5) is 5.69 Å². The minimum Gasteiger partial charge on any atom is -0.491 e. The number of aryl methyl sites for hydroxylation is 1. The van der Waals surface area contributed by atoms with E-state index in [-0.39, 0.29) is 5.91 Å². The number of hydrogen-bond donors (Lipinski definition) is 1. The van der Waals surface area contributed by atoms with Gasteiger partial charge in [0.1, 0.15) is 30.0 Å². The van der Waals surface area contributed by atoms with Gasteiger partial charge in [0, 0.05) is 12.7 Å². The summed E-state index contributed by atoms with van der Waals surface area (Å²) in [4.78, 5) is 12.1. The Hall–Kier alpha value is -2.34. The topological polar surface area (TPSA) is 73.6 Å². The van der Waals surface area contributed by atoms with Gasteiger partial charge < -0.3 is 19.3 Å². The molecule has 1 heterocycles. The van der Waals surface area contributed by atoms with E-state index in [4.69, 9.17) is 14.0 Å². The molecule has 0 saturated heterocycles. The van der Waals surface area contributed by atoms with Gasteiger partial charge in [-0.3, -0.25) is 4.79 Å². The summed E-state index contributed by atoms with van der Waals surface area (Å²) < 4.78 is 15.1. The first-order valence-corrected chi connectivity index (χ1v) is 6.15. The molecular formula is C14H16N2O4. The summed E-state index contributed by atoms with van der Waals surface area (Å²) in [7, 11) is 1.61. The lowest BCUT2D eigenvalue weighted by Crippen LogP contribution is -2.12. The van der Waals surface area contributed by atoms with Crippen LogP contribution in [0.3, 0.4) is 0 Å². The molecule has 6 heteroatoms. The zero-order valence-corrected chi connectivity index (χ0v) is 11.4. The molecular weight excluding hydrogens is 260 g/mol. The SMILES string of the molecule is COCCOc1cccc(C(=O)Nc2conc2C)c1. The van der Waals surface area contributed by atoms with E-state index < -0.39 is 0 Å². The molecule has 2 rings (SSSR count). The van der Waals surface area contributed by atoms with Crippen molar-refractivity contribution >= 4 is 11.6 Å². The number of aromatic nitrogens is 1. The molecule has 6 nitrogen and oxygen atoms in total. The number of methoxy groups -OCH3 is 1. The number of anilines is 1. The standard InChI is InChI=1S/C14H16N2O4/c1-10-13(9-20-16-10)15-14(17)11-4-3-5-12(8-11)19-7-6-18-2/h3-5,8-9H,6-7H2,1-2H3,(H,15,17). The first-order valence-electron chi connectivity index (χ1n) is 6.15. The van der Waals surface area contributed by atoms with Gasteiger partial charge >= 0.3 is 0 Å². The lowest BCUT2D eigenvalue weighted by atomic mass is 10.2. The van der Waals surface area contributed by atoms with Crippen LogP contribution in [0.5, 0.6) is 5.75 Å². The number of ether oxygens (including phenoxy) is 2. The van der Waals surface area contributed by atoms with E-state index in [1.54, 1.807) is 38.3 Å². The van der Waals surface area contributed by atoms with E-state index in [1.807, 2.05) is 0 Å². The number of nitrogens with zero attached hydrogens (tertiary/aromatic N) is 1. The van der Waals surface area contributed by atoms with Gasteiger partial charge in [0.25, 0.3) is 5.91 Å². The molecule has 1 N–H and O–H groups in total. The van der Waals surface area contributed by atoms with Gasteiger partial charge in [0.15, 0.2) is 0 Å². The fourth-order valence-electron chi connectivity index (χ4n) is 1.58. The van der Waals surface area contributed by atoms with Crippen LogP contribution in [0.2, 0.25) is 0 Å².